The first-order valence-corrected chi connectivity index (χ1v) is 19.0. The SMILES string of the molecule is COC(=O)NC(C(=O)N1CCCC1c1nc2cc(-c3ccc(-c4ccc5nc(C6CCCN6C(=O)C(NC(=O)CO)C(C)C)[nH]c5c4)[nH]3)ccc2[nH]1)C(C)C. The van der Waals surface area contributed by atoms with Crippen LogP contribution in [0.1, 0.15) is 77.1 Å². The molecule has 2 saturated heterocycles. The van der Waals surface area contributed by atoms with Crippen molar-refractivity contribution in [1.82, 2.24) is 45.4 Å². The van der Waals surface area contributed by atoms with Crippen molar-refractivity contribution < 1.29 is 29.0 Å². The van der Waals surface area contributed by atoms with Crippen molar-refractivity contribution in [2.75, 3.05) is 26.8 Å². The van der Waals surface area contributed by atoms with Crippen LogP contribution >= 0.6 is 0 Å². The lowest BCUT2D eigenvalue weighted by Crippen LogP contribution is -2.51. The number of rotatable bonds is 11. The summed E-state index contributed by atoms with van der Waals surface area (Å²) in [4.78, 5) is 75.0. The number of alkyl carbamates (subject to hydrolysis) is 1. The number of nitrogens with zero attached hydrogens (tertiary/aromatic N) is 4. The van der Waals surface area contributed by atoms with Gasteiger partial charge in [0.15, 0.2) is 0 Å². The van der Waals surface area contributed by atoms with Gasteiger partial charge >= 0.3 is 6.09 Å². The summed E-state index contributed by atoms with van der Waals surface area (Å²) in [6, 6.07) is 14.2. The fourth-order valence-corrected chi connectivity index (χ4v) is 7.86. The third kappa shape index (κ3) is 7.53. The molecule has 5 heterocycles. The Hall–Kier alpha value is -5.70. The molecule has 15 heteroatoms. The number of ether oxygens (including phenoxy) is 1. The van der Waals surface area contributed by atoms with Crippen molar-refractivity contribution in [2.45, 2.75) is 77.5 Å². The van der Waals surface area contributed by atoms with Gasteiger partial charge in [0.1, 0.15) is 30.3 Å². The Morgan fingerprint density at radius 1 is 0.745 bits per heavy atom. The molecule has 7 rings (SSSR count). The van der Waals surface area contributed by atoms with Gasteiger partial charge in [-0.05, 0) is 73.9 Å². The smallest absolute Gasteiger partial charge is 0.407 e. The van der Waals surface area contributed by atoms with E-state index in [4.69, 9.17) is 14.7 Å². The fourth-order valence-electron chi connectivity index (χ4n) is 7.86. The minimum atomic E-state index is -0.733. The molecule has 2 aliphatic rings. The van der Waals surface area contributed by atoms with Crippen LogP contribution in [0.15, 0.2) is 48.5 Å². The van der Waals surface area contributed by atoms with Gasteiger partial charge in [-0.15, -0.1) is 0 Å². The van der Waals surface area contributed by atoms with Crippen LogP contribution in [-0.4, -0.2) is 103 Å². The van der Waals surface area contributed by atoms with Gasteiger partial charge in [0, 0.05) is 35.6 Å². The molecule has 0 bridgehead atoms. The summed E-state index contributed by atoms with van der Waals surface area (Å²) in [6.45, 7) is 8.02. The van der Waals surface area contributed by atoms with E-state index in [0.29, 0.717) is 18.9 Å². The number of carbonyl (C=O) groups excluding carboxylic acids is 4. The molecule has 0 radical (unpaired) electrons. The quantitative estimate of drug-likeness (QED) is 0.109. The Balaban J connectivity index is 1.08. The van der Waals surface area contributed by atoms with Gasteiger partial charge in [-0.2, -0.15) is 0 Å². The molecule has 6 N–H and O–H groups in total. The van der Waals surface area contributed by atoms with E-state index in [9.17, 15) is 24.3 Å². The second-order valence-corrected chi connectivity index (χ2v) is 15.2. The molecule has 4 unspecified atom stereocenters. The number of likely N-dealkylation sites (tertiary alicyclic amines) is 2. The number of fused-ring (bicyclic) bond motifs is 2. The summed E-state index contributed by atoms with van der Waals surface area (Å²) in [7, 11) is 1.29. The van der Waals surface area contributed by atoms with Crippen LogP contribution < -0.4 is 10.6 Å². The maximum atomic E-state index is 13.6. The van der Waals surface area contributed by atoms with Gasteiger partial charge in [-0.3, -0.25) is 14.4 Å². The summed E-state index contributed by atoms with van der Waals surface area (Å²) in [5.74, 6) is 0.264. The number of aromatic amines is 3. The normalized spacial score (nSPS) is 18.4. The van der Waals surface area contributed by atoms with E-state index < -0.39 is 30.7 Å². The number of hydrogen-bond acceptors (Lipinski definition) is 8. The Morgan fingerprint density at radius 3 is 1.87 bits per heavy atom. The number of carbonyl (C=O) groups is 4. The molecule has 0 saturated carbocycles. The third-order valence-corrected chi connectivity index (χ3v) is 10.8. The van der Waals surface area contributed by atoms with Gasteiger partial charge in [0.25, 0.3) is 0 Å². The van der Waals surface area contributed by atoms with Gasteiger partial charge in [-0.25, -0.2) is 14.8 Å². The summed E-state index contributed by atoms with van der Waals surface area (Å²) >= 11 is 0. The zero-order valence-corrected chi connectivity index (χ0v) is 31.8. The fraction of sp³-hybridized carbons (Fsp3) is 0.450. The Morgan fingerprint density at radius 2 is 1.29 bits per heavy atom. The maximum absolute atomic E-state index is 13.6. The second-order valence-electron chi connectivity index (χ2n) is 15.2. The standard InChI is InChI=1S/C40H49N9O6/c1-21(2)34(46-33(51)20-50)38(52)48-16-6-8-31(48)36-42-27-12-10-23(18-29(27)44-36)25-14-15-26(41-25)24-11-13-28-30(19-24)45-37(43-28)32-9-7-17-49(32)39(53)35(22(3)4)47-40(54)55-5/h10-15,18-19,21-22,31-32,34-35,41,50H,6-9,16-17,20H2,1-5H3,(H,42,44)(H,43,45)(H,46,51)(H,47,54). The Labute approximate surface area is 318 Å². The molecule has 4 amide bonds. The highest BCUT2D eigenvalue weighted by Crippen LogP contribution is 2.36. The number of H-pyrrole nitrogens is 3. The molecule has 0 aliphatic carbocycles. The number of methoxy groups -OCH3 is 1. The number of aliphatic hydroxyl groups excluding tert-OH is 1. The molecule has 0 spiro atoms. The molecule has 2 aliphatic heterocycles. The minimum Gasteiger partial charge on any atom is -0.453 e. The van der Waals surface area contributed by atoms with E-state index in [1.807, 2.05) is 81.1 Å². The van der Waals surface area contributed by atoms with E-state index in [1.54, 1.807) is 4.90 Å². The first-order valence-electron chi connectivity index (χ1n) is 19.0. The molecule has 15 nitrogen and oxygen atoms in total. The van der Waals surface area contributed by atoms with Crippen LogP contribution in [0.5, 0.6) is 0 Å². The largest absolute Gasteiger partial charge is 0.453 e. The highest BCUT2D eigenvalue weighted by molar-refractivity contribution is 5.89. The number of aliphatic hydroxyl groups is 1. The van der Waals surface area contributed by atoms with Crippen LogP contribution in [0.2, 0.25) is 0 Å². The Kier molecular flexibility index (Phi) is 10.6. The van der Waals surface area contributed by atoms with Crippen LogP contribution in [-0.2, 0) is 19.1 Å². The first kappa shape index (κ1) is 37.6. The summed E-state index contributed by atoms with van der Waals surface area (Å²) in [6.07, 6.45) is 2.55. The monoisotopic (exact) mass is 751 g/mol. The molecular formula is C40H49N9O6. The van der Waals surface area contributed by atoms with Gasteiger partial charge in [0.2, 0.25) is 17.7 Å². The third-order valence-electron chi connectivity index (χ3n) is 10.8. The maximum Gasteiger partial charge on any atom is 0.407 e. The van der Waals surface area contributed by atoms with Crippen molar-refractivity contribution in [3.05, 3.63) is 60.2 Å². The summed E-state index contributed by atoms with van der Waals surface area (Å²) in [5.41, 5.74) is 7.08. The average molecular weight is 752 g/mol. The van der Waals surface area contributed by atoms with Crippen molar-refractivity contribution in [3.8, 4) is 22.5 Å². The predicted molar refractivity (Wildman–Crippen MR) is 206 cm³/mol. The summed E-state index contributed by atoms with van der Waals surface area (Å²) in [5, 5.41) is 14.6. The molecule has 2 fully saturated rings. The van der Waals surface area contributed by atoms with Crippen LogP contribution in [0.4, 0.5) is 4.79 Å². The number of amides is 4. The zero-order valence-electron chi connectivity index (χ0n) is 31.8. The van der Waals surface area contributed by atoms with Crippen molar-refractivity contribution in [3.63, 3.8) is 0 Å². The number of aromatic nitrogens is 5. The molecule has 5 aromatic rings. The lowest BCUT2D eigenvalue weighted by Gasteiger charge is -2.30. The first-order chi connectivity index (χ1) is 26.4. The molecule has 4 atom stereocenters. The average Bonchev–Trinajstić information content (AvgIpc) is 4.02. The molecular weight excluding hydrogens is 702 g/mol. The van der Waals surface area contributed by atoms with Crippen molar-refractivity contribution in [1.29, 1.82) is 0 Å². The van der Waals surface area contributed by atoms with Gasteiger partial charge < -0.3 is 45.2 Å². The lowest BCUT2D eigenvalue weighted by molar-refractivity contribution is -0.139. The van der Waals surface area contributed by atoms with Gasteiger partial charge in [-0.1, -0.05) is 39.8 Å². The van der Waals surface area contributed by atoms with Gasteiger partial charge in [0.05, 0.1) is 41.3 Å². The number of imidazole rings is 2. The number of benzene rings is 2. The highest BCUT2D eigenvalue weighted by Gasteiger charge is 2.39. The highest BCUT2D eigenvalue weighted by atomic mass is 16.5. The van der Waals surface area contributed by atoms with Crippen LogP contribution in [0, 0.1) is 11.8 Å². The topological polar surface area (TPSA) is 201 Å². The number of hydrogen-bond donors (Lipinski definition) is 6. The van der Waals surface area contributed by atoms with E-state index in [1.165, 1.54) is 7.11 Å². The van der Waals surface area contributed by atoms with E-state index in [2.05, 4.69) is 25.6 Å². The van der Waals surface area contributed by atoms with Crippen LogP contribution in [0.3, 0.4) is 0 Å². The Bertz CT molecular complexity index is 2070. The van der Waals surface area contributed by atoms with E-state index in [-0.39, 0.29) is 35.7 Å². The zero-order chi connectivity index (χ0) is 39.0. The van der Waals surface area contributed by atoms with Crippen molar-refractivity contribution >= 4 is 45.9 Å². The van der Waals surface area contributed by atoms with Crippen molar-refractivity contribution in [2.24, 2.45) is 11.8 Å². The summed E-state index contributed by atoms with van der Waals surface area (Å²) < 4.78 is 4.77. The minimum absolute atomic E-state index is 0.116. The van der Waals surface area contributed by atoms with Crippen LogP contribution in [0.25, 0.3) is 44.6 Å². The predicted octanol–water partition coefficient (Wildman–Crippen LogP) is 4.94. The molecule has 2 aromatic carbocycles. The molecule has 3 aromatic heterocycles. The lowest BCUT2D eigenvalue weighted by atomic mass is 10.0. The number of nitrogens with one attached hydrogen (secondary N) is 5. The second kappa shape index (κ2) is 15.6. The van der Waals surface area contributed by atoms with E-state index >= 15 is 0 Å². The van der Waals surface area contributed by atoms with E-state index in [0.717, 1.165) is 76.1 Å². The molecule has 55 heavy (non-hydrogen) atoms. The molecule has 290 valence electrons.